The van der Waals surface area contributed by atoms with Gasteiger partial charge in [-0.25, -0.2) is 4.79 Å². The third-order valence-corrected chi connectivity index (χ3v) is 3.71. The number of carbonyl (C=O) groups excluding carboxylic acids is 1. The standard InChI is InChI=1S/C13H15ClN2O4/c14-9-2-1-8(7-10(9)15)11(17)16-13(12(18)19)3-5-20-6-4-13/h1-2,7H,3-6,15H2,(H,16,17)(H,18,19). The summed E-state index contributed by atoms with van der Waals surface area (Å²) in [4.78, 5) is 23.6. The van der Waals surface area contributed by atoms with Gasteiger partial charge in [0.05, 0.1) is 10.7 Å². The second-order valence-corrected chi connectivity index (χ2v) is 5.10. The molecule has 0 aromatic heterocycles. The monoisotopic (exact) mass is 298 g/mol. The van der Waals surface area contributed by atoms with Crippen LogP contribution in [0.2, 0.25) is 5.02 Å². The van der Waals surface area contributed by atoms with Crippen LogP contribution in [0.1, 0.15) is 23.2 Å². The van der Waals surface area contributed by atoms with E-state index in [4.69, 9.17) is 22.1 Å². The molecule has 1 aliphatic heterocycles. The lowest BCUT2D eigenvalue weighted by Crippen LogP contribution is -2.57. The molecule has 7 heteroatoms. The van der Waals surface area contributed by atoms with Gasteiger partial charge < -0.3 is 20.9 Å². The van der Waals surface area contributed by atoms with E-state index in [1.54, 1.807) is 0 Å². The summed E-state index contributed by atoms with van der Waals surface area (Å²) in [6.45, 7) is 0.602. The number of carboxylic acid groups (broad SMARTS) is 1. The number of nitrogen functional groups attached to an aromatic ring is 1. The Labute approximate surface area is 120 Å². The lowest BCUT2D eigenvalue weighted by Gasteiger charge is -2.33. The second kappa shape index (κ2) is 5.68. The predicted molar refractivity (Wildman–Crippen MR) is 73.8 cm³/mol. The summed E-state index contributed by atoms with van der Waals surface area (Å²) in [5.41, 5.74) is 4.90. The van der Waals surface area contributed by atoms with Crippen molar-refractivity contribution < 1.29 is 19.4 Å². The first-order chi connectivity index (χ1) is 9.44. The number of benzene rings is 1. The molecular weight excluding hydrogens is 284 g/mol. The summed E-state index contributed by atoms with van der Waals surface area (Å²) in [5.74, 6) is -1.55. The second-order valence-electron chi connectivity index (χ2n) is 4.69. The average Bonchev–Trinajstić information content (AvgIpc) is 2.42. The summed E-state index contributed by atoms with van der Waals surface area (Å²) in [6, 6.07) is 4.43. The number of hydrogen-bond acceptors (Lipinski definition) is 4. The van der Waals surface area contributed by atoms with E-state index in [-0.39, 0.29) is 24.1 Å². The zero-order valence-electron chi connectivity index (χ0n) is 10.7. The molecule has 0 bridgehead atoms. The Kier molecular flexibility index (Phi) is 4.15. The van der Waals surface area contributed by atoms with Gasteiger partial charge in [-0.15, -0.1) is 0 Å². The van der Waals surface area contributed by atoms with Gasteiger partial charge in [0.2, 0.25) is 0 Å². The van der Waals surface area contributed by atoms with Gasteiger partial charge in [-0.2, -0.15) is 0 Å². The Morgan fingerprint density at radius 2 is 2.00 bits per heavy atom. The van der Waals surface area contributed by atoms with Gasteiger partial charge in [-0.05, 0) is 18.2 Å². The summed E-state index contributed by atoms with van der Waals surface area (Å²) >= 11 is 5.79. The van der Waals surface area contributed by atoms with Crippen molar-refractivity contribution in [3.63, 3.8) is 0 Å². The van der Waals surface area contributed by atoms with Crippen LogP contribution in [0.3, 0.4) is 0 Å². The van der Waals surface area contributed by atoms with Crippen LogP contribution < -0.4 is 11.1 Å². The van der Waals surface area contributed by atoms with E-state index in [2.05, 4.69) is 5.32 Å². The molecule has 20 heavy (non-hydrogen) atoms. The number of carboxylic acids is 1. The van der Waals surface area contributed by atoms with Gasteiger partial charge in [0.1, 0.15) is 5.54 Å². The highest BCUT2D eigenvalue weighted by molar-refractivity contribution is 6.33. The number of nitrogens with two attached hydrogens (primary N) is 1. The Balaban J connectivity index is 2.20. The highest BCUT2D eigenvalue weighted by Gasteiger charge is 2.41. The number of nitrogens with one attached hydrogen (secondary N) is 1. The first kappa shape index (κ1) is 14.6. The zero-order chi connectivity index (χ0) is 14.8. The van der Waals surface area contributed by atoms with Crippen molar-refractivity contribution in [2.45, 2.75) is 18.4 Å². The van der Waals surface area contributed by atoms with Crippen LogP contribution in [-0.4, -0.2) is 35.7 Å². The summed E-state index contributed by atoms with van der Waals surface area (Å²) in [7, 11) is 0. The molecule has 1 aromatic rings. The number of ether oxygens (including phenoxy) is 1. The van der Waals surface area contributed by atoms with E-state index in [1.807, 2.05) is 0 Å². The van der Waals surface area contributed by atoms with Crippen LogP contribution in [-0.2, 0) is 9.53 Å². The van der Waals surface area contributed by atoms with E-state index >= 15 is 0 Å². The zero-order valence-corrected chi connectivity index (χ0v) is 11.4. The van der Waals surface area contributed by atoms with Gasteiger partial charge in [0.25, 0.3) is 5.91 Å². The molecular formula is C13H15ClN2O4. The number of anilines is 1. The molecule has 1 fully saturated rings. The van der Waals surface area contributed by atoms with Gasteiger partial charge in [0, 0.05) is 31.6 Å². The minimum Gasteiger partial charge on any atom is -0.480 e. The number of halogens is 1. The number of rotatable bonds is 3. The molecule has 0 atom stereocenters. The first-order valence-corrected chi connectivity index (χ1v) is 6.51. The van der Waals surface area contributed by atoms with E-state index in [1.165, 1.54) is 18.2 Å². The molecule has 2 rings (SSSR count). The number of aliphatic carboxylic acids is 1. The number of amides is 1. The number of hydrogen-bond donors (Lipinski definition) is 3. The Morgan fingerprint density at radius 3 is 2.55 bits per heavy atom. The van der Waals surface area contributed by atoms with Gasteiger partial charge in [0.15, 0.2) is 0 Å². The lowest BCUT2D eigenvalue weighted by atomic mass is 9.89. The fourth-order valence-corrected chi connectivity index (χ4v) is 2.20. The lowest BCUT2D eigenvalue weighted by molar-refractivity contribution is -0.148. The van der Waals surface area contributed by atoms with Crippen molar-refractivity contribution in [2.24, 2.45) is 0 Å². The van der Waals surface area contributed by atoms with Gasteiger partial charge >= 0.3 is 5.97 Å². The normalized spacial score (nSPS) is 17.4. The van der Waals surface area contributed by atoms with Crippen molar-refractivity contribution in [3.05, 3.63) is 28.8 Å². The Morgan fingerprint density at radius 1 is 1.35 bits per heavy atom. The van der Waals surface area contributed by atoms with Crippen LogP contribution in [0, 0.1) is 0 Å². The van der Waals surface area contributed by atoms with E-state index < -0.39 is 17.4 Å². The predicted octanol–water partition coefficient (Wildman–Crippen LogP) is 1.29. The Bertz CT molecular complexity index is 541. The molecule has 1 aromatic carbocycles. The van der Waals surface area contributed by atoms with E-state index in [9.17, 15) is 14.7 Å². The maximum absolute atomic E-state index is 12.2. The maximum atomic E-state index is 12.2. The number of carbonyl (C=O) groups is 2. The van der Waals surface area contributed by atoms with Crippen LogP contribution in [0.5, 0.6) is 0 Å². The molecule has 1 heterocycles. The molecule has 0 aliphatic carbocycles. The molecule has 1 amide bonds. The van der Waals surface area contributed by atoms with E-state index in [0.717, 1.165) is 0 Å². The smallest absolute Gasteiger partial charge is 0.329 e. The van der Waals surface area contributed by atoms with Crippen LogP contribution in [0.4, 0.5) is 5.69 Å². The first-order valence-electron chi connectivity index (χ1n) is 6.13. The molecule has 1 saturated heterocycles. The maximum Gasteiger partial charge on any atom is 0.329 e. The highest BCUT2D eigenvalue weighted by Crippen LogP contribution is 2.23. The molecule has 4 N–H and O–H groups in total. The molecule has 6 nitrogen and oxygen atoms in total. The minimum atomic E-state index is -1.29. The van der Waals surface area contributed by atoms with Crippen molar-refractivity contribution in [3.8, 4) is 0 Å². The Hall–Kier alpha value is -1.79. The van der Waals surface area contributed by atoms with Crippen LogP contribution in [0.25, 0.3) is 0 Å². The largest absolute Gasteiger partial charge is 0.480 e. The minimum absolute atomic E-state index is 0.233. The molecule has 108 valence electrons. The molecule has 0 radical (unpaired) electrons. The van der Waals surface area contributed by atoms with Crippen molar-refractivity contribution in [1.29, 1.82) is 0 Å². The van der Waals surface area contributed by atoms with Crippen LogP contribution >= 0.6 is 11.6 Å². The summed E-state index contributed by atoms with van der Waals surface area (Å²) in [5, 5.41) is 12.3. The third-order valence-electron chi connectivity index (χ3n) is 3.37. The quantitative estimate of drug-likeness (QED) is 0.730. The SMILES string of the molecule is Nc1cc(C(=O)NC2(C(=O)O)CCOCC2)ccc1Cl. The van der Waals surface area contributed by atoms with Crippen molar-refractivity contribution in [2.75, 3.05) is 18.9 Å². The average molecular weight is 299 g/mol. The van der Waals surface area contributed by atoms with Crippen molar-refractivity contribution >= 4 is 29.2 Å². The van der Waals surface area contributed by atoms with Gasteiger partial charge in [-0.1, -0.05) is 11.6 Å². The highest BCUT2D eigenvalue weighted by atomic mass is 35.5. The van der Waals surface area contributed by atoms with Crippen molar-refractivity contribution in [1.82, 2.24) is 5.32 Å². The fraction of sp³-hybridized carbons (Fsp3) is 0.385. The summed E-state index contributed by atoms with van der Waals surface area (Å²) in [6.07, 6.45) is 0.467. The summed E-state index contributed by atoms with van der Waals surface area (Å²) < 4.78 is 5.14. The fourth-order valence-electron chi connectivity index (χ4n) is 2.09. The molecule has 1 aliphatic rings. The third kappa shape index (κ3) is 2.86. The van der Waals surface area contributed by atoms with Gasteiger partial charge in [-0.3, -0.25) is 4.79 Å². The van der Waals surface area contributed by atoms with E-state index in [0.29, 0.717) is 18.2 Å². The topological polar surface area (TPSA) is 102 Å². The molecule has 0 unspecified atom stereocenters. The molecule has 0 saturated carbocycles. The molecule has 0 spiro atoms. The van der Waals surface area contributed by atoms with Crippen LogP contribution in [0.15, 0.2) is 18.2 Å².